The summed E-state index contributed by atoms with van der Waals surface area (Å²) in [6.07, 6.45) is 1.58. The molecule has 0 aliphatic rings. The molecule has 1 unspecified atom stereocenters. The molecule has 1 rings (SSSR count). The number of halogens is 2. The molecule has 0 spiro atoms. The van der Waals surface area contributed by atoms with Crippen LogP contribution in [0.15, 0.2) is 16.9 Å². The molecule has 0 radical (unpaired) electrons. The van der Waals surface area contributed by atoms with Crippen LogP contribution < -0.4 is 5.73 Å². The molecule has 1 aromatic heterocycles. The Hall–Kier alpha value is -0.120. The van der Waals surface area contributed by atoms with Crippen LogP contribution in [0.2, 0.25) is 5.02 Å². The lowest BCUT2D eigenvalue weighted by atomic mass is 10.2. The smallest absolute Gasteiger partial charge is 0.110 e. The van der Waals surface area contributed by atoms with Crippen molar-refractivity contribution in [2.45, 2.75) is 13.0 Å². The van der Waals surface area contributed by atoms with Crippen LogP contribution in [-0.2, 0) is 0 Å². The quantitative estimate of drug-likeness (QED) is 0.760. The van der Waals surface area contributed by atoms with Gasteiger partial charge < -0.3 is 5.73 Å². The van der Waals surface area contributed by atoms with E-state index in [0.717, 1.165) is 10.2 Å². The van der Waals surface area contributed by atoms with Gasteiger partial charge in [0.15, 0.2) is 0 Å². The summed E-state index contributed by atoms with van der Waals surface area (Å²) in [6, 6.07) is 1.76. The van der Waals surface area contributed by atoms with Crippen molar-refractivity contribution in [2.75, 3.05) is 0 Å². The van der Waals surface area contributed by atoms with Crippen molar-refractivity contribution in [1.29, 1.82) is 0 Å². The van der Waals surface area contributed by atoms with E-state index in [1.807, 2.05) is 13.0 Å². The zero-order valence-corrected chi connectivity index (χ0v) is 8.35. The van der Waals surface area contributed by atoms with Gasteiger partial charge in [-0.05, 0) is 28.9 Å². The number of hydrogen-bond acceptors (Lipinski definition) is 2. The minimum Gasteiger partial charge on any atom is -0.324 e. The second-order valence-corrected chi connectivity index (χ2v) is 3.51. The molecule has 0 saturated heterocycles. The highest BCUT2D eigenvalue weighted by molar-refractivity contribution is 9.10. The Labute approximate surface area is 78.9 Å². The summed E-state index contributed by atoms with van der Waals surface area (Å²) in [5.74, 6) is 0. The SMILES string of the molecule is CC(N)c1cc(Cl)cnc1Br. The third-order valence-corrected chi connectivity index (χ3v) is 2.19. The van der Waals surface area contributed by atoms with Crippen LogP contribution in [0.5, 0.6) is 0 Å². The largest absolute Gasteiger partial charge is 0.324 e. The summed E-state index contributed by atoms with van der Waals surface area (Å²) in [7, 11) is 0. The molecular formula is C7H8BrClN2. The summed E-state index contributed by atoms with van der Waals surface area (Å²) in [5.41, 5.74) is 6.58. The summed E-state index contributed by atoms with van der Waals surface area (Å²) < 4.78 is 0.761. The van der Waals surface area contributed by atoms with Gasteiger partial charge in [0.2, 0.25) is 0 Å². The fourth-order valence-electron chi connectivity index (χ4n) is 0.758. The predicted octanol–water partition coefficient (Wildman–Crippen LogP) is 2.52. The van der Waals surface area contributed by atoms with Crippen molar-refractivity contribution >= 4 is 27.5 Å². The maximum Gasteiger partial charge on any atom is 0.110 e. The van der Waals surface area contributed by atoms with Crippen molar-refractivity contribution in [3.05, 3.63) is 27.5 Å². The molecule has 0 aliphatic heterocycles. The van der Waals surface area contributed by atoms with Gasteiger partial charge in [0, 0.05) is 17.8 Å². The minimum absolute atomic E-state index is 0.0458. The number of rotatable bonds is 1. The van der Waals surface area contributed by atoms with E-state index in [1.165, 1.54) is 0 Å². The molecule has 0 amide bonds. The molecule has 0 aliphatic carbocycles. The summed E-state index contributed by atoms with van der Waals surface area (Å²) >= 11 is 9.00. The zero-order chi connectivity index (χ0) is 8.43. The van der Waals surface area contributed by atoms with Crippen LogP contribution in [0.25, 0.3) is 0 Å². The third kappa shape index (κ3) is 2.15. The normalized spacial score (nSPS) is 13.1. The first-order chi connectivity index (χ1) is 5.11. The molecule has 1 heterocycles. The van der Waals surface area contributed by atoms with Crippen molar-refractivity contribution in [3.63, 3.8) is 0 Å². The molecule has 0 saturated carbocycles. The van der Waals surface area contributed by atoms with Gasteiger partial charge in [0.25, 0.3) is 0 Å². The molecule has 2 nitrogen and oxygen atoms in total. The number of nitrogens with two attached hydrogens (primary N) is 1. The van der Waals surface area contributed by atoms with Crippen molar-refractivity contribution in [1.82, 2.24) is 4.98 Å². The fourth-order valence-corrected chi connectivity index (χ4v) is 1.50. The van der Waals surface area contributed by atoms with Gasteiger partial charge in [-0.2, -0.15) is 0 Å². The van der Waals surface area contributed by atoms with Gasteiger partial charge in [-0.3, -0.25) is 0 Å². The maximum absolute atomic E-state index is 5.72. The third-order valence-electron chi connectivity index (χ3n) is 1.32. The Kier molecular flexibility index (Phi) is 2.87. The summed E-state index contributed by atoms with van der Waals surface area (Å²) in [6.45, 7) is 1.89. The van der Waals surface area contributed by atoms with E-state index in [9.17, 15) is 0 Å². The Morgan fingerprint density at radius 3 is 2.82 bits per heavy atom. The minimum atomic E-state index is -0.0458. The summed E-state index contributed by atoms with van der Waals surface area (Å²) in [5, 5.41) is 0.612. The Balaban J connectivity index is 3.13. The second-order valence-electron chi connectivity index (χ2n) is 2.32. The second kappa shape index (κ2) is 3.52. The molecule has 1 aromatic rings. The van der Waals surface area contributed by atoms with E-state index in [2.05, 4.69) is 20.9 Å². The van der Waals surface area contributed by atoms with E-state index in [1.54, 1.807) is 6.20 Å². The van der Waals surface area contributed by atoms with E-state index < -0.39 is 0 Å². The standard InChI is InChI=1S/C7H8BrClN2/c1-4(10)6-2-5(9)3-11-7(6)8/h2-4H,10H2,1H3. The molecule has 1 atom stereocenters. The van der Waals surface area contributed by atoms with E-state index >= 15 is 0 Å². The molecular weight excluding hydrogens is 227 g/mol. The van der Waals surface area contributed by atoms with E-state index in [4.69, 9.17) is 17.3 Å². The molecule has 2 N–H and O–H groups in total. The molecule has 0 bridgehead atoms. The number of nitrogens with zero attached hydrogens (tertiary/aromatic N) is 1. The fraction of sp³-hybridized carbons (Fsp3) is 0.286. The lowest BCUT2D eigenvalue weighted by Gasteiger charge is -2.06. The van der Waals surface area contributed by atoms with Gasteiger partial charge >= 0.3 is 0 Å². The van der Waals surface area contributed by atoms with Crippen LogP contribution in [0.3, 0.4) is 0 Å². The summed E-state index contributed by atoms with van der Waals surface area (Å²) in [4.78, 5) is 4.00. The van der Waals surface area contributed by atoms with Crippen LogP contribution in [0, 0.1) is 0 Å². The highest BCUT2D eigenvalue weighted by Crippen LogP contribution is 2.22. The molecule has 60 valence electrons. The van der Waals surface area contributed by atoms with E-state index in [-0.39, 0.29) is 6.04 Å². The Bertz CT molecular complexity index is 263. The lowest BCUT2D eigenvalue weighted by Crippen LogP contribution is -2.06. The lowest BCUT2D eigenvalue weighted by molar-refractivity contribution is 0.804. The van der Waals surface area contributed by atoms with Gasteiger partial charge in [-0.25, -0.2) is 4.98 Å². The average molecular weight is 236 g/mol. The Morgan fingerprint density at radius 1 is 1.73 bits per heavy atom. The average Bonchev–Trinajstić information content (AvgIpc) is 1.94. The first-order valence-electron chi connectivity index (χ1n) is 3.18. The Morgan fingerprint density at radius 2 is 2.36 bits per heavy atom. The predicted molar refractivity (Wildman–Crippen MR) is 49.5 cm³/mol. The molecule has 0 aromatic carbocycles. The number of pyridine rings is 1. The van der Waals surface area contributed by atoms with Crippen LogP contribution in [-0.4, -0.2) is 4.98 Å². The van der Waals surface area contributed by atoms with Gasteiger partial charge in [-0.15, -0.1) is 0 Å². The van der Waals surface area contributed by atoms with Crippen molar-refractivity contribution in [2.24, 2.45) is 5.73 Å². The van der Waals surface area contributed by atoms with Crippen molar-refractivity contribution in [3.8, 4) is 0 Å². The highest BCUT2D eigenvalue weighted by atomic mass is 79.9. The monoisotopic (exact) mass is 234 g/mol. The first kappa shape index (κ1) is 8.97. The number of aromatic nitrogens is 1. The molecule has 0 fully saturated rings. The molecule has 11 heavy (non-hydrogen) atoms. The van der Waals surface area contributed by atoms with Crippen LogP contribution >= 0.6 is 27.5 Å². The van der Waals surface area contributed by atoms with Gasteiger partial charge in [0.1, 0.15) is 4.60 Å². The zero-order valence-electron chi connectivity index (χ0n) is 6.01. The van der Waals surface area contributed by atoms with Crippen LogP contribution in [0.4, 0.5) is 0 Å². The van der Waals surface area contributed by atoms with Crippen molar-refractivity contribution < 1.29 is 0 Å². The maximum atomic E-state index is 5.72. The van der Waals surface area contributed by atoms with Gasteiger partial charge in [0.05, 0.1) is 5.02 Å². The van der Waals surface area contributed by atoms with E-state index in [0.29, 0.717) is 5.02 Å². The topological polar surface area (TPSA) is 38.9 Å². The van der Waals surface area contributed by atoms with Gasteiger partial charge in [-0.1, -0.05) is 11.6 Å². The number of hydrogen-bond donors (Lipinski definition) is 1. The van der Waals surface area contributed by atoms with Crippen LogP contribution in [0.1, 0.15) is 18.5 Å². The first-order valence-corrected chi connectivity index (χ1v) is 4.35. The highest BCUT2D eigenvalue weighted by Gasteiger charge is 2.05. The molecule has 4 heteroatoms.